The second-order valence-electron chi connectivity index (χ2n) is 5.15. The Balaban J connectivity index is 0.00000200. The summed E-state index contributed by atoms with van der Waals surface area (Å²) in [5.41, 5.74) is 0. The van der Waals surface area contributed by atoms with E-state index in [-0.39, 0.29) is 36.8 Å². The molecule has 0 saturated carbocycles. The first-order valence-electron chi connectivity index (χ1n) is 7.10. The normalized spacial score (nSPS) is 23.1. The van der Waals surface area contributed by atoms with E-state index in [1.165, 1.54) is 0 Å². The van der Waals surface area contributed by atoms with Crippen molar-refractivity contribution in [3.63, 3.8) is 0 Å². The van der Waals surface area contributed by atoms with Gasteiger partial charge in [0.05, 0.1) is 19.8 Å². The predicted molar refractivity (Wildman–Crippen MR) is 86.6 cm³/mol. The molecule has 0 radical (unpaired) electrons. The molecule has 2 heterocycles. The number of carbonyl (C=O) groups excluding carboxylic acids is 1. The second-order valence-corrected chi connectivity index (χ2v) is 5.15. The van der Waals surface area contributed by atoms with Gasteiger partial charge in [0, 0.05) is 58.8 Å². The van der Waals surface area contributed by atoms with Gasteiger partial charge in [-0.2, -0.15) is 0 Å². The predicted octanol–water partition coefficient (Wildman–Crippen LogP) is -0.000900. The lowest BCUT2D eigenvalue weighted by molar-refractivity contribution is -0.134. The van der Waals surface area contributed by atoms with Crippen molar-refractivity contribution in [1.29, 1.82) is 0 Å². The lowest BCUT2D eigenvalue weighted by Crippen LogP contribution is -2.51. The van der Waals surface area contributed by atoms with Crippen LogP contribution in [0.25, 0.3) is 0 Å². The van der Waals surface area contributed by atoms with Crippen LogP contribution in [-0.2, 0) is 14.3 Å². The Hall–Kier alpha value is -0.110. The molecule has 0 aromatic rings. The van der Waals surface area contributed by atoms with Crippen LogP contribution >= 0.6 is 24.8 Å². The van der Waals surface area contributed by atoms with E-state index < -0.39 is 0 Å². The molecule has 21 heavy (non-hydrogen) atoms. The van der Waals surface area contributed by atoms with E-state index in [9.17, 15) is 4.79 Å². The number of amides is 1. The maximum atomic E-state index is 12.2. The molecule has 0 spiro atoms. The van der Waals surface area contributed by atoms with Crippen molar-refractivity contribution in [2.24, 2.45) is 0 Å². The van der Waals surface area contributed by atoms with E-state index in [4.69, 9.17) is 9.47 Å². The average molecular weight is 344 g/mol. The minimum atomic E-state index is 0. The number of ether oxygens (including phenoxy) is 2. The lowest BCUT2D eigenvalue weighted by Gasteiger charge is -2.35. The molecule has 0 bridgehead atoms. The number of methoxy groups -OCH3 is 1. The summed E-state index contributed by atoms with van der Waals surface area (Å²) in [5.74, 6) is 0.245. The van der Waals surface area contributed by atoms with Gasteiger partial charge in [-0.25, -0.2) is 0 Å². The Morgan fingerprint density at radius 2 is 2.00 bits per heavy atom. The molecule has 1 amide bonds. The first kappa shape index (κ1) is 20.9. The van der Waals surface area contributed by atoms with Gasteiger partial charge in [0.2, 0.25) is 5.91 Å². The second kappa shape index (κ2) is 11.5. The topological polar surface area (TPSA) is 54.0 Å². The Kier molecular flexibility index (Phi) is 11.4. The molecular formula is C13H27Cl2N3O3. The number of morpholine rings is 1. The fraction of sp³-hybridized carbons (Fsp3) is 0.923. The highest BCUT2D eigenvalue weighted by Crippen LogP contribution is 2.07. The highest BCUT2D eigenvalue weighted by Gasteiger charge is 2.24. The molecule has 6 nitrogen and oxygen atoms in total. The zero-order valence-electron chi connectivity index (χ0n) is 12.6. The number of carbonyl (C=O) groups is 1. The lowest BCUT2D eigenvalue weighted by atomic mass is 10.1. The van der Waals surface area contributed by atoms with Crippen molar-refractivity contribution in [2.75, 3.05) is 66.2 Å². The summed E-state index contributed by atoms with van der Waals surface area (Å²) >= 11 is 0. The van der Waals surface area contributed by atoms with E-state index in [0.717, 1.165) is 52.5 Å². The molecular weight excluding hydrogens is 317 g/mol. The fourth-order valence-electron chi connectivity index (χ4n) is 2.53. The van der Waals surface area contributed by atoms with Crippen LogP contribution in [0.4, 0.5) is 0 Å². The molecule has 0 aromatic heterocycles. The first-order chi connectivity index (χ1) is 9.29. The van der Waals surface area contributed by atoms with Gasteiger partial charge in [-0.15, -0.1) is 24.8 Å². The summed E-state index contributed by atoms with van der Waals surface area (Å²) < 4.78 is 10.5. The number of halogens is 2. The first-order valence-corrected chi connectivity index (χ1v) is 7.10. The third-order valence-corrected chi connectivity index (χ3v) is 3.76. The van der Waals surface area contributed by atoms with Crippen LogP contribution in [0.15, 0.2) is 0 Å². The van der Waals surface area contributed by atoms with Crippen LogP contribution in [0.5, 0.6) is 0 Å². The largest absolute Gasteiger partial charge is 0.383 e. The maximum Gasteiger partial charge on any atom is 0.224 e. The third-order valence-electron chi connectivity index (χ3n) is 3.76. The molecule has 1 atom stereocenters. The highest BCUT2D eigenvalue weighted by atomic mass is 35.5. The van der Waals surface area contributed by atoms with Gasteiger partial charge >= 0.3 is 0 Å². The Morgan fingerprint density at radius 1 is 1.29 bits per heavy atom. The minimum absolute atomic E-state index is 0. The number of piperazine rings is 1. The van der Waals surface area contributed by atoms with Crippen LogP contribution in [0.1, 0.15) is 6.42 Å². The molecule has 2 fully saturated rings. The zero-order valence-corrected chi connectivity index (χ0v) is 14.2. The van der Waals surface area contributed by atoms with E-state index >= 15 is 0 Å². The van der Waals surface area contributed by atoms with Gasteiger partial charge in [0.25, 0.3) is 0 Å². The van der Waals surface area contributed by atoms with E-state index in [1.54, 1.807) is 7.11 Å². The third kappa shape index (κ3) is 7.13. The quantitative estimate of drug-likeness (QED) is 0.761. The van der Waals surface area contributed by atoms with Crippen molar-refractivity contribution >= 4 is 30.7 Å². The standard InChI is InChI=1S/C13H25N3O3.2ClH/c1-18-9-7-15-3-5-16(6-4-15)13(17)10-12-11-19-8-2-14-12;;/h12,14H,2-11H2,1H3;2*1H. The van der Waals surface area contributed by atoms with Crippen molar-refractivity contribution < 1.29 is 14.3 Å². The molecule has 2 saturated heterocycles. The van der Waals surface area contributed by atoms with E-state index in [0.29, 0.717) is 13.0 Å². The number of rotatable bonds is 5. The van der Waals surface area contributed by atoms with Crippen molar-refractivity contribution in [2.45, 2.75) is 12.5 Å². The van der Waals surface area contributed by atoms with Crippen molar-refractivity contribution in [1.82, 2.24) is 15.1 Å². The van der Waals surface area contributed by atoms with Gasteiger partial charge in [-0.3, -0.25) is 9.69 Å². The van der Waals surface area contributed by atoms with Gasteiger partial charge < -0.3 is 19.7 Å². The summed E-state index contributed by atoms with van der Waals surface area (Å²) in [6, 6.07) is 0.188. The Labute approximate surface area is 139 Å². The zero-order chi connectivity index (χ0) is 13.5. The minimum Gasteiger partial charge on any atom is -0.383 e. The summed E-state index contributed by atoms with van der Waals surface area (Å²) in [5, 5.41) is 3.33. The smallest absolute Gasteiger partial charge is 0.224 e. The molecule has 2 aliphatic heterocycles. The van der Waals surface area contributed by atoms with Gasteiger partial charge in [-0.05, 0) is 0 Å². The highest BCUT2D eigenvalue weighted by molar-refractivity contribution is 5.85. The van der Waals surface area contributed by atoms with E-state index in [1.807, 2.05) is 4.90 Å². The number of hydrogen-bond donors (Lipinski definition) is 1. The maximum absolute atomic E-state index is 12.2. The van der Waals surface area contributed by atoms with Gasteiger partial charge in [-0.1, -0.05) is 0 Å². The fourth-order valence-corrected chi connectivity index (χ4v) is 2.53. The number of nitrogens with one attached hydrogen (secondary N) is 1. The van der Waals surface area contributed by atoms with Crippen LogP contribution < -0.4 is 5.32 Å². The summed E-state index contributed by atoms with van der Waals surface area (Å²) in [7, 11) is 1.72. The van der Waals surface area contributed by atoms with E-state index in [2.05, 4.69) is 10.2 Å². The summed E-state index contributed by atoms with van der Waals surface area (Å²) in [4.78, 5) is 16.5. The SMILES string of the molecule is COCCN1CCN(C(=O)CC2COCCN2)CC1.Cl.Cl. The Morgan fingerprint density at radius 3 is 2.57 bits per heavy atom. The molecule has 2 aliphatic rings. The summed E-state index contributed by atoms with van der Waals surface area (Å²) in [6.45, 7) is 7.53. The molecule has 0 aliphatic carbocycles. The van der Waals surface area contributed by atoms with Gasteiger partial charge in [0.1, 0.15) is 0 Å². The van der Waals surface area contributed by atoms with Crippen LogP contribution in [0, 0.1) is 0 Å². The monoisotopic (exact) mass is 343 g/mol. The average Bonchev–Trinajstić information content (AvgIpc) is 2.46. The molecule has 1 unspecified atom stereocenters. The van der Waals surface area contributed by atoms with Crippen LogP contribution in [-0.4, -0.2) is 87.9 Å². The van der Waals surface area contributed by atoms with Crippen molar-refractivity contribution in [3.05, 3.63) is 0 Å². The molecule has 2 rings (SSSR count). The number of nitrogens with zero attached hydrogens (tertiary/aromatic N) is 2. The molecule has 1 N–H and O–H groups in total. The Bertz CT molecular complexity index is 284. The van der Waals surface area contributed by atoms with Crippen LogP contribution in [0.2, 0.25) is 0 Å². The number of hydrogen-bond acceptors (Lipinski definition) is 5. The van der Waals surface area contributed by atoms with Crippen LogP contribution in [0.3, 0.4) is 0 Å². The summed E-state index contributed by atoms with van der Waals surface area (Å²) in [6.07, 6.45) is 0.554. The van der Waals surface area contributed by atoms with Gasteiger partial charge in [0.15, 0.2) is 0 Å². The van der Waals surface area contributed by atoms with Crippen molar-refractivity contribution in [3.8, 4) is 0 Å². The molecule has 126 valence electrons. The molecule has 0 aromatic carbocycles. The molecule has 8 heteroatoms.